The monoisotopic (exact) mass is 445 g/mol. The van der Waals surface area contributed by atoms with Gasteiger partial charge < -0.3 is 5.32 Å². The number of carbonyl (C=O) groups is 1. The van der Waals surface area contributed by atoms with Crippen molar-refractivity contribution in [3.05, 3.63) is 53.3 Å². The maximum atomic E-state index is 12.7. The minimum Gasteiger partial charge on any atom is -0.324 e. The Balaban J connectivity index is 1.65. The first kappa shape index (κ1) is 20.8. The van der Waals surface area contributed by atoms with E-state index in [1.807, 2.05) is 0 Å². The molecule has 0 unspecified atom stereocenters. The van der Waals surface area contributed by atoms with Gasteiger partial charge in [0.2, 0.25) is 5.91 Å². The van der Waals surface area contributed by atoms with Gasteiger partial charge in [-0.25, -0.2) is 13.4 Å². The highest BCUT2D eigenvalue weighted by molar-refractivity contribution is 7.93. The van der Waals surface area contributed by atoms with E-state index in [4.69, 9.17) is 0 Å². The molecule has 0 aliphatic rings. The van der Waals surface area contributed by atoms with Crippen LogP contribution in [0.25, 0.3) is 0 Å². The molecule has 1 amide bonds. The summed E-state index contributed by atoms with van der Waals surface area (Å²) in [7, 11) is -3.83. The third-order valence-corrected chi connectivity index (χ3v) is 5.84. The highest BCUT2D eigenvalue weighted by Crippen LogP contribution is 2.28. The lowest BCUT2D eigenvalue weighted by Gasteiger charge is -2.09. The van der Waals surface area contributed by atoms with Crippen LogP contribution in [0.5, 0.6) is 0 Å². The average Bonchev–Trinajstić information content (AvgIpc) is 3.25. The predicted molar refractivity (Wildman–Crippen MR) is 100.0 cm³/mol. The molecule has 1 aromatic carbocycles. The fraction of sp³-hybridized carbons (Fsp3) is 0.188. The Morgan fingerprint density at radius 2 is 1.93 bits per heavy atom. The molecule has 29 heavy (non-hydrogen) atoms. The number of nitrogens with one attached hydrogen (secondary N) is 2. The first-order valence-electron chi connectivity index (χ1n) is 7.98. The molecule has 0 atom stereocenters. The molecule has 0 radical (unpaired) electrons. The van der Waals surface area contributed by atoms with Gasteiger partial charge in [0.05, 0.1) is 4.90 Å². The molecule has 0 aliphatic heterocycles. The van der Waals surface area contributed by atoms with Crippen LogP contribution in [0.15, 0.2) is 46.8 Å². The van der Waals surface area contributed by atoms with Crippen molar-refractivity contribution < 1.29 is 26.4 Å². The molecule has 0 spiro atoms. The average molecular weight is 445 g/mol. The number of hydrogen-bond acceptors (Lipinski definition) is 6. The van der Waals surface area contributed by atoms with Crippen LogP contribution in [0.2, 0.25) is 0 Å². The summed E-state index contributed by atoms with van der Waals surface area (Å²) >= 11 is 1.12. The highest BCUT2D eigenvalue weighted by Gasteiger charge is 2.34. The van der Waals surface area contributed by atoms with Gasteiger partial charge >= 0.3 is 6.18 Å². The fourth-order valence-corrected chi connectivity index (χ4v) is 4.10. The summed E-state index contributed by atoms with van der Waals surface area (Å²) in [5.41, 5.74) is -0.615. The summed E-state index contributed by atoms with van der Waals surface area (Å²) < 4.78 is 65.8. The molecule has 13 heteroatoms. The molecule has 0 saturated carbocycles. The molecule has 8 nitrogen and oxygen atoms in total. The molecular weight excluding hydrogens is 431 g/mol. The first-order valence-corrected chi connectivity index (χ1v) is 10.3. The normalized spacial score (nSPS) is 12.0. The minimum absolute atomic E-state index is 0.0385. The number of anilines is 2. The van der Waals surface area contributed by atoms with Crippen LogP contribution in [0, 0.1) is 6.92 Å². The molecule has 0 bridgehead atoms. The van der Waals surface area contributed by atoms with Crippen LogP contribution >= 0.6 is 11.3 Å². The van der Waals surface area contributed by atoms with Gasteiger partial charge in [0.25, 0.3) is 10.0 Å². The van der Waals surface area contributed by atoms with E-state index in [9.17, 15) is 26.4 Å². The van der Waals surface area contributed by atoms with Crippen LogP contribution in [-0.4, -0.2) is 29.1 Å². The number of nitrogens with zero attached hydrogens (tertiary/aromatic N) is 3. The Morgan fingerprint density at radius 3 is 2.48 bits per heavy atom. The molecule has 0 fully saturated rings. The number of halogens is 3. The van der Waals surface area contributed by atoms with Crippen molar-refractivity contribution in [1.82, 2.24) is 14.8 Å². The second kappa shape index (κ2) is 7.83. The summed E-state index contributed by atoms with van der Waals surface area (Å²) in [6, 6.07) is 6.15. The van der Waals surface area contributed by atoms with E-state index < -0.39 is 34.3 Å². The van der Waals surface area contributed by atoms with Gasteiger partial charge in [-0.2, -0.15) is 18.3 Å². The summed E-state index contributed by atoms with van der Waals surface area (Å²) in [4.78, 5) is 15.9. The predicted octanol–water partition coefficient (Wildman–Crippen LogP) is 3.11. The number of aryl methyl sites for hydroxylation is 1. The molecule has 0 aliphatic carbocycles. The minimum atomic E-state index is -4.60. The van der Waals surface area contributed by atoms with E-state index in [1.165, 1.54) is 37.4 Å². The number of aromatic nitrogens is 3. The summed E-state index contributed by atoms with van der Waals surface area (Å²) in [6.45, 7) is 0.984. The number of carbonyl (C=O) groups excluding carboxylic acids is 1. The summed E-state index contributed by atoms with van der Waals surface area (Å²) in [5.74, 6) is -0.610. The van der Waals surface area contributed by atoms with Gasteiger partial charge in [0.1, 0.15) is 6.54 Å². The Hall–Kier alpha value is -2.93. The number of rotatable bonds is 6. The molecule has 3 rings (SSSR count). The number of alkyl halides is 3. The number of thiazole rings is 1. The van der Waals surface area contributed by atoms with Gasteiger partial charge in [-0.05, 0) is 37.3 Å². The first-order chi connectivity index (χ1) is 13.5. The van der Waals surface area contributed by atoms with E-state index in [-0.39, 0.29) is 21.4 Å². The topological polar surface area (TPSA) is 106 Å². The van der Waals surface area contributed by atoms with E-state index in [0.717, 1.165) is 22.1 Å². The number of hydrogen-bond donors (Lipinski definition) is 2. The largest absolute Gasteiger partial charge is 0.435 e. The number of amides is 1. The Morgan fingerprint density at radius 1 is 1.24 bits per heavy atom. The molecule has 0 saturated heterocycles. The third-order valence-electron chi connectivity index (χ3n) is 3.67. The van der Waals surface area contributed by atoms with E-state index in [1.54, 1.807) is 5.38 Å². The summed E-state index contributed by atoms with van der Waals surface area (Å²) in [5, 5.41) is 7.70. The lowest BCUT2D eigenvalue weighted by atomic mass is 10.3. The summed E-state index contributed by atoms with van der Waals surface area (Å²) in [6.07, 6.45) is -3.14. The van der Waals surface area contributed by atoms with Crippen molar-refractivity contribution in [2.75, 3.05) is 10.0 Å². The smallest absolute Gasteiger partial charge is 0.324 e. The van der Waals surface area contributed by atoms with Crippen LogP contribution < -0.4 is 10.0 Å². The van der Waals surface area contributed by atoms with Crippen molar-refractivity contribution >= 4 is 38.1 Å². The SMILES string of the molecule is Cc1cc(C(F)(F)F)nn1CC(=O)Nc1ccc(S(=O)(=O)Nc2nccs2)cc1. The quantitative estimate of drug-likeness (QED) is 0.607. The molecular formula is C16H14F3N5O3S2. The van der Waals surface area contributed by atoms with Crippen LogP contribution in [0.3, 0.4) is 0 Å². The maximum absolute atomic E-state index is 12.7. The Kier molecular flexibility index (Phi) is 5.61. The second-order valence-electron chi connectivity index (χ2n) is 5.84. The molecule has 154 valence electrons. The number of sulfonamides is 1. The molecule has 2 aromatic heterocycles. The van der Waals surface area contributed by atoms with Crippen LogP contribution in [-0.2, 0) is 27.5 Å². The van der Waals surface area contributed by atoms with Crippen molar-refractivity contribution in [3.63, 3.8) is 0 Å². The van der Waals surface area contributed by atoms with Gasteiger partial charge in [0, 0.05) is 23.0 Å². The van der Waals surface area contributed by atoms with Gasteiger partial charge in [-0.15, -0.1) is 11.3 Å². The molecule has 2 N–H and O–H groups in total. The Bertz CT molecular complexity index is 1110. The standard InChI is InChI=1S/C16H14F3N5O3S2/c1-10-8-13(16(17,18)19)22-24(10)9-14(25)21-11-2-4-12(5-3-11)29(26,27)23-15-20-6-7-28-15/h2-8H,9H2,1H3,(H,20,23)(H,21,25). The lowest BCUT2D eigenvalue weighted by molar-refractivity contribution is -0.141. The van der Waals surface area contributed by atoms with Crippen molar-refractivity contribution in [2.24, 2.45) is 0 Å². The number of benzene rings is 1. The van der Waals surface area contributed by atoms with Gasteiger partial charge in [0.15, 0.2) is 10.8 Å². The van der Waals surface area contributed by atoms with Crippen molar-refractivity contribution in [2.45, 2.75) is 24.5 Å². The third kappa shape index (κ3) is 5.12. The van der Waals surface area contributed by atoms with E-state index >= 15 is 0 Å². The van der Waals surface area contributed by atoms with Crippen LogP contribution in [0.4, 0.5) is 24.0 Å². The zero-order chi connectivity index (χ0) is 21.2. The lowest BCUT2D eigenvalue weighted by Crippen LogP contribution is -2.21. The second-order valence-corrected chi connectivity index (χ2v) is 8.42. The zero-order valence-corrected chi connectivity index (χ0v) is 16.4. The van der Waals surface area contributed by atoms with Crippen molar-refractivity contribution in [1.29, 1.82) is 0 Å². The van der Waals surface area contributed by atoms with Crippen LogP contribution in [0.1, 0.15) is 11.4 Å². The van der Waals surface area contributed by atoms with Gasteiger partial charge in [-0.3, -0.25) is 14.2 Å². The van der Waals surface area contributed by atoms with Crippen molar-refractivity contribution in [3.8, 4) is 0 Å². The molecule has 3 aromatic rings. The maximum Gasteiger partial charge on any atom is 0.435 e. The van der Waals surface area contributed by atoms with Gasteiger partial charge in [-0.1, -0.05) is 0 Å². The highest BCUT2D eigenvalue weighted by atomic mass is 32.2. The zero-order valence-electron chi connectivity index (χ0n) is 14.8. The fourth-order valence-electron chi connectivity index (χ4n) is 2.31. The van der Waals surface area contributed by atoms with E-state index in [0.29, 0.717) is 0 Å². The molecule has 2 heterocycles. The Labute approximate surface area is 167 Å². The van der Waals surface area contributed by atoms with E-state index in [2.05, 4.69) is 20.1 Å².